The maximum atomic E-state index is 12.6. The van der Waals surface area contributed by atoms with Gasteiger partial charge in [-0.05, 0) is 47.5 Å². The molecule has 0 aromatic heterocycles. The highest BCUT2D eigenvalue weighted by Crippen LogP contribution is 2.16. The van der Waals surface area contributed by atoms with Crippen LogP contribution in [0.5, 0.6) is 5.75 Å². The summed E-state index contributed by atoms with van der Waals surface area (Å²) in [7, 11) is -2.49. The molecule has 0 saturated carbocycles. The molecule has 0 atom stereocenters. The van der Waals surface area contributed by atoms with Crippen LogP contribution in [0.3, 0.4) is 0 Å². The number of rotatable bonds is 9. The third kappa shape index (κ3) is 6.17. The number of nitrogens with zero attached hydrogens (tertiary/aromatic N) is 2. The Kier molecular flexibility index (Phi) is 7.60. The van der Waals surface area contributed by atoms with E-state index in [1.807, 2.05) is 60.7 Å². The number of ether oxygens (including phenoxy) is 1. The van der Waals surface area contributed by atoms with E-state index in [0.717, 1.165) is 21.2 Å². The Morgan fingerprint density at radius 1 is 0.969 bits per heavy atom. The zero-order chi connectivity index (χ0) is 23.0. The molecule has 3 aromatic carbocycles. The standard InChI is InChI=1S/C24H23N3O4S/c1-27(32(29,30)23-13-9-19(15-25)10-14-23)17-24(28)26-16-20-7-11-22(12-8-20)31-18-21-5-3-2-4-6-21/h2-14H,16-18H2,1H3,(H,26,28). The summed E-state index contributed by atoms with van der Waals surface area (Å²) in [5.41, 5.74) is 2.30. The van der Waals surface area contributed by atoms with Crippen LogP contribution < -0.4 is 10.1 Å². The maximum Gasteiger partial charge on any atom is 0.243 e. The molecule has 3 aromatic rings. The molecule has 164 valence electrons. The molecular weight excluding hydrogens is 426 g/mol. The van der Waals surface area contributed by atoms with E-state index < -0.39 is 15.9 Å². The van der Waals surface area contributed by atoms with Crippen LogP contribution in [-0.2, 0) is 28.0 Å². The fourth-order valence-electron chi connectivity index (χ4n) is 2.87. The molecular formula is C24H23N3O4S. The molecule has 7 nitrogen and oxygen atoms in total. The van der Waals surface area contributed by atoms with Crippen molar-refractivity contribution in [2.45, 2.75) is 18.0 Å². The van der Waals surface area contributed by atoms with Crippen molar-refractivity contribution in [3.8, 4) is 11.8 Å². The van der Waals surface area contributed by atoms with Crippen LogP contribution in [0.25, 0.3) is 0 Å². The van der Waals surface area contributed by atoms with E-state index >= 15 is 0 Å². The van der Waals surface area contributed by atoms with Gasteiger partial charge in [-0.15, -0.1) is 0 Å². The number of hydrogen-bond acceptors (Lipinski definition) is 5. The van der Waals surface area contributed by atoms with E-state index in [4.69, 9.17) is 10.00 Å². The molecule has 0 heterocycles. The zero-order valence-corrected chi connectivity index (χ0v) is 18.4. The number of carbonyl (C=O) groups is 1. The summed E-state index contributed by atoms with van der Waals surface area (Å²) in [6, 6.07) is 24.7. The molecule has 1 amide bonds. The first kappa shape index (κ1) is 23.0. The molecule has 0 unspecified atom stereocenters. The lowest BCUT2D eigenvalue weighted by Gasteiger charge is -2.17. The minimum absolute atomic E-state index is 0.0258. The number of amides is 1. The Balaban J connectivity index is 1.49. The zero-order valence-electron chi connectivity index (χ0n) is 17.6. The van der Waals surface area contributed by atoms with Gasteiger partial charge in [0.25, 0.3) is 0 Å². The highest BCUT2D eigenvalue weighted by Gasteiger charge is 2.22. The van der Waals surface area contributed by atoms with Crippen LogP contribution in [0.1, 0.15) is 16.7 Å². The molecule has 8 heteroatoms. The van der Waals surface area contributed by atoms with Crippen molar-refractivity contribution in [2.24, 2.45) is 0 Å². The first-order chi connectivity index (χ1) is 15.4. The van der Waals surface area contributed by atoms with Gasteiger partial charge in [0, 0.05) is 13.6 Å². The van der Waals surface area contributed by atoms with Gasteiger partial charge in [-0.2, -0.15) is 9.57 Å². The summed E-state index contributed by atoms with van der Waals surface area (Å²) in [5, 5.41) is 11.6. The number of carbonyl (C=O) groups excluding carboxylic acids is 1. The fourth-order valence-corrected chi connectivity index (χ4v) is 4.00. The Hall–Kier alpha value is -3.67. The molecule has 0 aliphatic carbocycles. The van der Waals surface area contributed by atoms with Crippen LogP contribution in [0.15, 0.2) is 83.8 Å². The van der Waals surface area contributed by atoms with E-state index in [1.54, 1.807) is 0 Å². The average molecular weight is 450 g/mol. The van der Waals surface area contributed by atoms with Gasteiger partial charge < -0.3 is 10.1 Å². The van der Waals surface area contributed by atoms with Gasteiger partial charge in [0.1, 0.15) is 12.4 Å². The van der Waals surface area contributed by atoms with Crippen molar-refractivity contribution in [1.82, 2.24) is 9.62 Å². The molecule has 0 saturated heterocycles. The van der Waals surface area contributed by atoms with E-state index in [0.29, 0.717) is 12.2 Å². The Bertz CT molecular complexity index is 1190. The second-order valence-corrected chi connectivity index (χ2v) is 9.14. The quantitative estimate of drug-likeness (QED) is 0.541. The van der Waals surface area contributed by atoms with Crippen LogP contribution in [0.4, 0.5) is 0 Å². The van der Waals surface area contributed by atoms with Crippen molar-refractivity contribution >= 4 is 15.9 Å². The topological polar surface area (TPSA) is 99.5 Å². The van der Waals surface area contributed by atoms with E-state index in [2.05, 4.69) is 5.32 Å². The summed E-state index contributed by atoms with van der Waals surface area (Å²) in [6.07, 6.45) is 0. The Labute approximate surface area is 187 Å². The highest BCUT2D eigenvalue weighted by atomic mass is 32.2. The predicted octanol–water partition coefficient (Wildman–Crippen LogP) is 3.07. The van der Waals surface area contributed by atoms with Crippen molar-refractivity contribution in [2.75, 3.05) is 13.6 Å². The van der Waals surface area contributed by atoms with Crippen LogP contribution in [-0.4, -0.2) is 32.2 Å². The van der Waals surface area contributed by atoms with Crippen molar-refractivity contribution < 1.29 is 17.9 Å². The predicted molar refractivity (Wildman–Crippen MR) is 120 cm³/mol. The third-order valence-corrected chi connectivity index (χ3v) is 6.54. The Morgan fingerprint density at radius 3 is 2.25 bits per heavy atom. The first-order valence-electron chi connectivity index (χ1n) is 9.87. The lowest BCUT2D eigenvalue weighted by atomic mass is 10.2. The number of nitrogens with one attached hydrogen (secondary N) is 1. The van der Waals surface area contributed by atoms with Gasteiger partial charge in [0.2, 0.25) is 15.9 Å². The number of sulfonamides is 1. The molecule has 1 N–H and O–H groups in total. The lowest BCUT2D eigenvalue weighted by Crippen LogP contribution is -2.38. The van der Waals surface area contributed by atoms with E-state index in [9.17, 15) is 13.2 Å². The SMILES string of the molecule is CN(CC(=O)NCc1ccc(OCc2ccccc2)cc1)S(=O)(=O)c1ccc(C#N)cc1. The van der Waals surface area contributed by atoms with Crippen LogP contribution in [0.2, 0.25) is 0 Å². The molecule has 0 radical (unpaired) electrons. The molecule has 32 heavy (non-hydrogen) atoms. The molecule has 0 fully saturated rings. The molecule has 0 bridgehead atoms. The largest absolute Gasteiger partial charge is 0.489 e. The second kappa shape index (κ2) is 10.6. The molecule has 0 spiro atoms. The van der Waals surface area contributed by atoms with Gasteiger partial charge in [0.05, 0.1) is 23.1 Å². The summed E-state index contributed by atoms with van der Waals surface area (Å²) in [5.74, 6) is 0.297. The normalized spacial score (nSPS) is 11.0. The second-order valence-electron chi connectivity index (χ2n) is 7.09. The molecule has 0 aliphatic heterocycles. The minimum Gasteiger partial charge on any atom is -0.489 e. The summed E-state index contributed by atoms with van der Waals surface area (Å²) in [6.45, 7) is 0.417. The fraction of sp³-hybridized carbons (Fsp3) is 0.167. The van der Waals surface area contributed by atoms with Crippen LogP contribution in [0, 0.1) is 11.3 Å². The monoisotopic (exact) mass is 449 g/mol. The average Bonchev–Trinajstić information content (AvgIpc) is 2.82. The number of nitriles is 1. The van der Waals surface area contributed by atoms with Crippen molar-refractivity contribution in [1.29, 1.82) is 5.26 Å². The van der Waals surface area contributed by atoms with Gasteiger partial charge in [-0.25, -0.2) is 8.42 Å². The summed E-state index contributed by atoms with van der Waals surface area (Å²) >= 11 is 0. The number of benzene rings is 3. The molecule has 0 aliphatic rings. The van der Waals surface area contributed by atoms with Crippen molar-refractivity contribution in [3.05, 3.63) is 95.6 Å². The molecule has 3 rings (SSSR count). The van der Waals surface area contributed by atoms with Gasteiger partial charge in [-0.3, -0.25) is 4.79 Å². The van der Waals surface area contributed by atoms with Gasteiger partial charge in [-0.1, -0.05) is 42.5 Å². The van der Waals surface area contributed by atoms with E-state index in [-0.39, 0.29) is 18.0 Å². The summed E-state index contributed by atoms with van der Waals surface area (Å²) < 4.78 is 31.9. The number of likely N-dealkylation sites (N-methyl/N-ethyl adjacent to an activating group) is 1. The minimum atomic E-state index is -3.83. The first-order valence-corrected chi connectivity index (χ1v) is 11.3. The van der Waals surface area contributed by atoms with Gasteiger partial charge >= 0.3 is 0 Å². The highest BCUT2D eigenvalue weighted by molar-refractivity contribution is 7.89. The lowest BCUT2D eigenvalue weighted by molar-refractivity contribution is -0.121. The number of hydrogen-bond donors (Lipinski definition) is 1. The maximum absolute atomic E-state index is 12.6. The smallest absolute Gasteiger partial charge is 0.243 e. The Morgan fingerprint density at radius 2 is 1.62 bits per heavy atom. The van der Waals surface area contributed by atoms with Gasteiger partial charge in [0.15, 0.2) is 0 Å². The third-order valence-electron chi connectivity index (χ3n) is 4.72. The van der Waals surface area contributed by atoms with Crippen molar-refractivity contribution in [3.63, 3.8) is 0 Å². The van der Waals surface area contributed by atoms with Crippen LogP contribution >= 0.6 is 0 Å². The summed E-state index contributed by atoms with van der Waals surface area (Å²) in [4.78, 5) is 12.3. The van der Waals surface area contributed by atoms with E-state index in [1.165, 1.54) is 31.3 Å².